The number of aryl methyl sites for hydroxylation is 2. The second-order valence-electron chi connectivity index (χ2n) is 16.0. The van der Waals surface area contributed by atoms with Crippen molar-refractivity contribution in [3.63, 3.8) is 0 Å². The van der Waals surface area contributed by atoms with Crippen LogP contribution in [0.15, 0.2) is 108 Å². The molecule has 0 fully saturated rings. The second kappa shape index (κ2) is 17.1. The molecule has 3 aromatic heterocycles. The van der Waals surface area contributed by atoms with Gasteiger partial charge in [-0.3, -0.25) is 0 Å². The predicted molar refractivity (Wildman–Crippen MR) is 224 cm³/mol. The third-order valence-corrected chi connectivity index (χ3v) is 14.5. The zero-order valence-corrected chi connectivity index (χ0v) is 37.4. The molecule has 5 heteroatoms. The maximum absolute atomic E-state index is 6.46. The van der Waals surface area contributed by atoms with Crippen LogP contribution in [0.5, 0.6) is 0 Å². The van der Waals surface area contributed by atoms with Crippen LogP contribution < -0.4 is 4.40 Å². The third kappa shape index (κ3) is 9.11. The molecule has 0 aliphatic rings. The molecular weight excluding hydrogens is 885 g/mol. The summed E-state index contributed by atoms with van der Waals surface area (Å²) in [5, 5.41) is 2.22. The van der Waals surface area contributed by atoms with Crippen LogP contribution in [0.2, 0.25) is 17.3 Å². The van der Waals surface area contributed by atoms with Crippen LogP contribution >= 0.6 is 0 Å². The summed E-state index contributed by atoms with van der Waals surface area (Å²) in [6, 6.07) is 38.4. The molecule has 275 valence electrons. The quantitative estimate of drug-likeness (QED) is 0.113. The fourth-order valence-electron chi connectivity index (χ4n) is 7.09. The van der Waals surface area contributed by atoms with Crippen LogP contribution in [-0.4, -0.2) is 23.2 Å². The van der Waals surface area contributed by atoms with E-state index in [-0.39, 0.29) is 20.1 Å². The van der Waals surface area contributed by atoms with E-state index in [1.165, 1.54) is 33.4 Å². The molecule has 0 spiro atoms. The zero-order chi connectivity index (χ0) is 37.2. The van der Waals surface area contributed by atoms with Crippen molar-refractivity contribution in [2.75, 3.05) is 0 Å². The van der Waals surface area contributed by atoms with E-state index >= 15 is 0 Å². The largest absolute Gasteiger partial charge is 0.501 e. The van der Waals surface area contributed by atoms with Gasteiger partial charge in [-0.05, 0) is 65.8 Å². The Hall–Kier alpha value is -3.83. The number of benzene rings is 4. The first-order chi connectivity index (χ1) is 24.8. The van der Waals surface area contributed by atoms with Gasteiger partial charge in [-0.2, -0.15) is 0 Å². The Labute approximate surface area is 333 Å². The van der Waals surface area contributed by atoms with Crippen molar-refractivity contribution in [1.29, 1.82) is 0 Å². The Morgan fingerprint density at radius 3 is 2.15 bits per heavy atom. The van der Waals surface area contributed by atoms with E-state index in [4.69, 9.17) is 9.40 Å². The normalized spacial score (nSPS) is 12.2. The van der Waals surface area contributed by atoms with E-state index in [1.807, 2.05) is 30.5 Å². The van der Waals surface area contributed by atoms with Gasteiger partial charge in [-0.15, -0.1) is 18.2 Å². The molecule has 0 aliphatic carbocycles. The van der Waals surface area contributed by atoms with Crippen LogP contribution in [0, 0.1) is 37.8 Å². The molecule has 0 saturated carbocycles. The van der Waals surface area contributed by atoms with E-state index in [9.17, 15) is 0 Å². The minimum atomic E-state index is -1.86. The molecule has 7 aromatic rings. The van der Waals surface area contributed by atoms with Crippen LogP contribution in [0.1, 0.15) is 62.8 Å². The Morgan fingerprint density at radius 2 is 1.49 bits per heavy atom. The number of furan rings is 1. The summed E-state index contributed by atoms with van der Waals surface area (Å²) in [5.41, 5.74) is 13.5. The Balaban J connectivity index is 0.000000223. The van der Waals surface area contributed by atoms with Gasteiger partial charge < -0.3 is 9.40 Å². The van der Waals surface area contributed by atoms with Crippen molar-refractivity contribution in [2.24, 2.45) is 11.8 Å². The first-order valence-electron chi connectivity index (χ1n) is 18.7. The molecule has 0 amide bonds. The first-order valence-corrected chi connectivity index (χ1v) is 26.0. The minimum Gasteiger partial charge on any atom is -0.501 e. The predicted octanol–water partition coefficient (Wildman–Crippen LogP) is 12.8. The molecular formula is C48H52GeIrN2O-2. The molecule has 1 atom stereocenters. The second-order valence-corrected chi connectivity index (χ2v) is 26.6. The number of rotatable bonds is 8. The van der Waals surface area contributed by atoms with Crippen LogP contribution in [0.25, 0.3) is 55.6 Å². The van der Waals surface area contributed by atoms with Crippen LogP contribution in [0.3, 0.4) is 0 Å². The average Bonchev–Trinajstić information content (AvgIpc) is 3.49. The fourth-order valence-corrected chi connectivity index (χ4v) is 10.4. The van der Waals surface area contributed by atoms with Crippen LogP contribution in [0.4, 0.5) is 0 Å². The van der Waals surface area contributed by atoms with E-state index in [0.717, 1.165) is 50.9 Å². The van der Waals surface area contributed by atoms with Crippen molar-refractivity contribution in [3.05, 3.63) is 138 Å². The van der Waals surface area contributed by atoms with Gasteiger partial charge in [0.1, 0.15) is 5.58 Å². The Kier molecular flexibility index (Phi) is 13.0. The molecule has 0 bridgehead atoms. The fraction of sp³-hybridized carbons (Fsp3) is 0.292. The van der Waals surface area contributed by atoms with Gasteiger partial charge in [0.15, 0.2) is 0 Å². The van der Waals surface area contributed by atoms with Crippen LogP contribution in [-0.2, 0) is 26.5 Å². The molecule has 3 nitrogen and oxygen atoms in total. The molecule has 0 saturated heterocycles. The van der Waals surface area contributed by atoms with Crippen molar-refractivity contribution < 1.29 is 24.5 Å². The van der Waals surface area contributed by atoms with E-state index in [0.29, 0.717) is 17.8 Å². The van der Waals surface area contributed by atoms with E-state index in [2.05, 4.69) is 156 Å². The number of nitrogens with zero attached hydrogens (tertiary/aromatic N) is 2. The Morgan fingerprint density at radius 1 is 0.736 bits per heavy atom. The van der Waals surface area contributed by atoms with Gasteiger partial charge in [-0.25, -0.2) is 0 Å². The van der Waals surface area contributed by atoms with Crippen molar-refractivity contribution in [1.82, 2.24) is 9.97 Å². The SMILES string of the molecule is CC(C)Cc1cc(-c2[c-]cccc2)nc[c]1[Ge]([CH3])([CH3])[CH3].Cc1cccc(C)c1-c1ccc2c(c1)oc1c(-c3cc(C(C)C(C)C)ccn3)[c-]ccc12.[Ir]. The molecule has 7 rings (SSSR count). The summed E-state index contributed by atoms with van der Waals surface area (Å²) < 4.78 is 8.00. The number of fused-ring (bicyclic) bond motifs is 3. The van der Waals surface area contributed by atoms with Gasteiger partial charge in [0.25, 0.3) is 0 Å². The van der Waals surface area contributed by atoms with Crippen molar-refractivity contribution in [3.8, 4) is 33.6 Å². The molecule has 1 radical (unpaired) electrons. The zero-order valence-electron chi connectivity index (χ0n) is 32.9. The molecule has 0 N–H and O–H groups in total. The van der Waals surface area contributed by atoms with Gasteiger partial charge in [0, 0.05) is 31.7 Å². The van der Waals surface area contributed by atoms with Gasteiger partial charge >= 0.3 is 126 Å². The average molecular weight is 938 g/mol. The van der Waals surface area contributed by atoms with Crippen molar-refractivity contribution in [2.45, 2.75) is 78.1 Å². The summed E-state index contributed by atoms with van der Waals surface area (Å²) in [7, 11) is 0. The first kappa shape index (κ1) is 40.4. The summed E-state index contributed by atoms with van der Waals surface area (Å²) >= 11 is -1.86. The summed E-state index contributed by atoms with van der Waals surface area (Å²) in [6.07, 6.45) is 5.17. The summed E-state index contributed by atoms with van der Waals surface area (Å²) in [5.74, 6) is 9.03. The van der Waals surface area contributed by atoms with Gasteiger partial charge in [-0.1, -0.05) is 73.7 Å². The maximum Gasteiger partial charge on any atom is 0.121 e. The summed E-state index contributed by atoms with van der Waals surface area (Å²) in [6.45, 7) is 15.7. The van der Waals surface area contributed by atoms with Crippen molar-refractivity contribution >= 4 is 39.6 Å². The molecule has 3 heterocycles. The molecule has 53 heavy (non-hydrogen) atoms. The van der Waals surface area contributed by atoms with E-state index < -0.39 is 13.3 Å². The number of aromatic nitrogens is 2. The maximum atomic E-state index is 6.46. The van der Waals surface area contributed by atoms with Gasteiger partial charge in [0.05, 0.1) is 5.58 Å². The smallest absolute Gasteiger partial charge is 0.121 e. The number of hydrogen-bond acceptors (Lipinski definition) is 3. The molecule has 4 aromatic carbocycles. The molecule has 0 aliphatic heterocycles. The topological polar surface area (TPSA) is 38.9 Å². The van der Waals surface area contributed by atoms with Gasteiger partial charge in [0.2, 0.25) is 0 Å². The Bertz CT molecular complexity index is 2300. The standard InChI is InChI=1S/C30H28NO.C18H24GeN.Ir/c1-18(2)21(5)22-14-15-31-27(16-22)26-11-7-10-25-24-13-12-23(17-28(24)32-30(25)26)29-19(3)8-6-9-20(29)4;1-14(2)11-16-12-18(15-9-7-6-8-10-15)20-13-17(16)19(3,4)5;/h6-10,12-18,21H,1-5H3;6-9,12-14H,11H2,1-5H3;/q2*-1;. The summed E-state index contributed by atoms with van der Waals surface area (Å²) in [4.78, 5) is 9.37. The monoisotopic (exact) mass is 939 g/mol. The number of hydrogen-bond donors (Lipinski definition) is 0. The third-order valence-electron chi connectivity index (χ3n) is 10.2. The molecule has 1 unspecified atom stereocenters. The number of pyridine rings is 2. The minimum absolute atomic E-state index is 0. The van der Waals surface area contributed by atoms with E-state index in [1.54, 1.807) is 4.40 Å².